The van der Waals surface area contributed by atoms with E-state index in [9.17, 15) is 18.0 Å². The molecule has 9 heteroatoms. The minimum Gasteiger partial charge on any atom is -0.340 e. The van der Waals surface area contributed by atoms with Gasteiger partial charge in [-0.1, -0.05) is 48.5 Å². The van der Waals surface area contributed by atoms with Crippen molar-refractivity contribution in [1.82, 2.24) is 19.8 Å². The quantitative estimate of drug-likeness (QED) is 0.450. The summed E-state index contributed by atoms with van der Waals surface area (Å²) in [5.41, 5.74) is 1.89. The normalized spacial score (nSPS) is 21.1. The van der Waals surface area contributed by atoms with Crippen LogP contribution in [0.15, 0.2) is 60.7 Å². The zero-order valence-electron chi connectivity index (χ0n) is 20.8. The zero-order chi connectivity index (χ0) is 25.5. The molecule has 2 aliphatic rings. The Bertz CT molecular complexity index is 1120. The number of hydrogen-bond acceptors (Lipinski definition) is 5. The Labute approximate surface area is 214 Å². The molecule has 1 aliphatic carbocycles. The van der Waals surface area contributed by atoms with Gasteiger partial charge < -0.3 is 15.5 Å². The number of sulfonamides is 1. The van der Waals surface area contributed by atoms with E-state index >= 15 is 0 Å². The summed E-state index contributed by atoms with van der Waals surface area (Å²) in [7, 11) is -3.28. The van der Waals surface area contributed by atoms with E-state index in [0.29, 0.717) is 37.0 Å². The SMILES string of the molecule is CS(=O)(=O)N1CCN(C(=O)[C@H](CCCCN[C@@H]2C[C@H]2c2ccccc2)NC(=O)c2ccccc2)CC1. The van der Waals surface area contributed by atoms with Crippen LogP contribution in [-0.4, -0.2) is 80.5 Å². The largest absolute Gasteiger partial charge is 0.340 e. The Kier molecular flexibility index (Phi) is 8.77. The highest BCUT2D eigenvalue weighted by Crippen LogP contribution is 2.40. The van der Waals surface area contributed by atoms with Crippen LogP contribution >= 0.6 is 0 Å². The Morgan fingerprint density at radius 3 is 2.22 bits per heavy atom. The van der Waals surface area contributed by atoms with Crippen LogP contribution in [-0.2, 0) is 14.8 Å². The number of benzene rings is 2. The van der Waals surface area contributed by atoms with Gasteiger partial charge in [-0.05, 0) is 49.9 Å². The molecule has 0 unspecified atom stereocenters. The van der Waals surface area contributed by atoms with Gasteiger partial charge in [-0.15, -0.1) is 0 Å². The fourth-order valence-corrected chi connectivity index (χ4v) is 5.63. The smallest absolute Gasteiger partial charge is 0.251 e. The first kappa shape index (κ1) is 26.3. The van der Waals surface area contributed by atoms with E-state index in [4.69, 9.17) is 0 Å². The summed E-state index contributed by atoms with van der Waals surface area (Å²) >= 11 is 0. The molecule has 1 saturated carbocycles. The lowest BCUT2D eigenvalue weighted by atomic mass is 10.1. The Morgan fingerprint density at radius 2 is 1.58 bits per heavy atom. The van der Waals surface area contributed by atoms with Crippen LogP contribution < -0.4 is 10.6 Å². The molecule has 0 radical (unpaired) electrons. The van der Waals surface area contributed by atoms with Crippen molar-refractivity contribution in [3.8, 4) is 0 Å². The van der Waals surface area contributed by atoms with Crippen molar-refractivity contribution in [2.45, 2.75) is 43.7 Å². The van der Waals surface area contributed by atoms with Crippen molar-refractivity contribution < 1.29 is 18.0 Å². The molecule has 36 heavy (non-hydrogen) atoms. The molecule has 1 heterocycles. The number of nitrogens with zero attached hydrogens (tertiary/aromatic N) is 2. The first-order valence-corrected chi connectivity index (χ1v) is 14.6. The molecule has 1 saturated heterocycles. The van der Waals surface area contributed by atoms with E-state index in [1.807, 2.05) is 12.1 Å². The first-order chi connectivity index (χ1) is 17.3. The summed E-state index contributed by atoms with van der Waals surface area (Å²) in [4.78, 5) is 27.8. The van der Waals surface area contributed by atoms with Crippen molar-refractivity contribution in [2.24, 2.45) is 0 Å². The second-order valence-corrected chi connectivity index (χ2v) is 11.7. The molecule has 0 bridgehead atoms. The van der Waals surface area contributed by atoms with E-state index in [-0.39, 0.29) is 24.9 Å². The lowest BCUT2D eigenvalue weighted by molar-refractivity contribution is -0.134. The number of piperazine rings is 1. The number of rotatable bonds is 11. The highest BCUT2D eigenvalue weighted by atomic mass is 32.2. The number of unbranched alkanes of at least 4 members (excludes halogenated alkanes) is 1. The zero-order valence-corrected chi connectivity index (χ0v) is 21.6. The Hall–Kier alpha value is -2.75. The molecule has 4 rings (SSSR count). The Balaban J connectivity index is 1.28. The van der Waals surface area contributed by atoms with Gasteiger partial charge in [-0.2, -0.15) is 4.31 Å². The van der Waals surface area contributed by atoms with Crippen LogP contribution in [0.3, 0.4) is 0 Å². The predicted molar refractivity (Wildman–Crippen MR) is 140 cm³/mol. The first-order valence-electron chi connectivity index (χ1n) is 12.7. The third-order valence-corrected chi connectivity index (χ3v) is 8.31. The molecule has 2 aromatic rings. The highest BCUT2D eigenvalue weighted by Gasteiger charge is 2.37. The van der Waals surface area contributed by atoms with E-state index in [0.717, 1.165) is 25.8 Å². The van der Waals surface area contributed by atoms with Crippen molar-refractivity contribution in [2.75, 3.05) is 39.0 Å². The molecule has 0 aromatic heterocycles. The fourth-order valence-electron chi connectivity index (χ4n) is 4.80. The van der Waals surface area contributed by atoms with Gasteiger partial charge in [0.05, 0.1) is 6.26 Å². The number of carbonyl (C=O) groups excluding carboxylic acids is 2. The van der Waals surface area contributed by atoms with E-state index in [2.05, 4.69) is 34.9 Å². The molecule has 2 N–H and O–H groups in total. The maximum absolute atomic E-state index is 13.3. The van der Waals surface area contributed by atoms with Gasteiger partial charge in [0.15, 0.2) is 0 Å². The molecular formula is C27H36N4O4S. The standard InChI is InChI=1S/C27H36N4O4S/c1-36(34,35)31-18-16-30(17-19-31)27(33)24(29-26(32)22-12-6-3-7-13-22)14-8-9-15-28-25-20-23(25)21-10-4-2-5-11-21/h2-7,10-13,23-25,28H,8-9,14-20H2,1H3,(H,29,32)/t23-,24-,25+/m0/s1. The van der Waals surface area contributed by atoms with Crippen LogP contribution in [0.2, 0.25) is 0 Å². The summed E-state index contributed by atoms with van der Waals surface area (Å²) in [6.45, 7) is 2.08. The van der Waals surface area contributed by atoms with Gasteiger partial charge in [0.2, 0.25) is 15.9 Å². The lowest BCUT2D eigenvalue weighted by Crippen LogP contribution is -2.55. The predicted octanol–water partition coefficient (Wildman–Crippen LogP) is 2.20. The van der Waals surface area contributed by atoms with Gasteiger partial charge in [0.1, 0.15) is 6.04 Å². The van der Waals surface area contributed by atoms with E-state index < -0.39 is 16.1 Å². The Morgan fingerprint density at radius 1 is 0.944 bits per heavy atom. The average molecular weight is 513 g/mol. The lowest BCUT2D eigenvalue weighted by Gasteiger charge is -2.35. The highest BCUT2D eigenvalue weighted by molar-refractivity contribution is 7.88. The van der Waals surface area contributed by atoms with Crippen LogP contribution in [0.4, 0.5) is 0 Å². The van der Waals surface area contributed by atoms with Gasteiger partial charge in [-0.25, -0.2) is 8.42 Å². The molecule has 2 amide bonds. The summed E-state index contributed by atoms with van der Waals surface area (Å²) in [5.74, 6) is 0.161. The number of nitrogens with one attached hydrogen (secondary N) is 2. The minimum absolute atomic E-state index is 0.147. The van der Waals surface area contributed by atoms with Crippen LogP contribution in [0.5, 0.6) is 0 Å². The third kappa shape index (κ3) is 7.15. The maximum atomic E-state index is 13.3. The van der Waals surface area contributed by atoms with Gasteiger partial charge in [0.25, 0.3) is 5.91 Å². The van der Waals surface area contributed by atoms with Crippen molar-refractivity contribution in [1.29, 1.82) is 0 Å². The third-order valence-electron chi connectivity index (χ3n) is 7.00. The number of carbonyl (C=O) groups is 2. The molecule has 194 valence electrons. The molecule has 2 aromatic carbocycles. The van der Waals surface area contributed by atoms with Crippen molar-refractivity contribution >= 4 is 21.8 Å². The summed E-state index contributed by atoms with van der Waals surface area (Å²) < 4.78 is 25.0. The van der Waals surface area contributed by atoms with E-state index in [1.54, 1.807) is 29.2 Å². The summed E-state index contributed by atoms with van der Waals surface area (Å²) in [5, 5.41) is 6.54. The minimum atomic E-state index is -3.28. The van der Waals surface area contributed by atoms with Gasteiger partial charge in [0, 0.05) is 43.7 Å². The van der Waals surface area contributed by atoms with Crippen LogP contribution in [0, 0.1) is 0 Å². The molecule has 1 aliphatic heterocycles. The topological polar surface area (TPSA) is 98.8 Å². The van der Waals surface area contributed by atoms with Crippen molar-refractivity contribution in [3.63, 3.8) is 0 Å². The maximum Gasteiger partial charge on any atom is 0.251 e. The van der Waals surface area contributed by atoms with Crippen LogP contribution in [0.25, 0.3) is 0 Å². The van der Waals surface area contributed by atoms with Crippen LogP contribution in [0.1, 0.15) is 47.5 Å². The summed E-state index contributed by atoms with van der Waals surface area (Å²) in [6, 6.07) is 19.3. The molecule has 8 nitrogen and oxygen atoms in total. The molecule has 0 spiro atoms. The van der Waals surface area contributed by atoms with Crippen molar-refractivity contribution in [3.05, 3.63) is 71.8 Å². The number of hydrogen-bond donors (Lipinski definition) is 2. The second-order valence-electron chi connectivity index (χ2n) is 9.69. The summed E-state index contributed by atoms with van der Waals surface area (Å²) in [6.07, 6.45) is 4.58. The molecule has 3 atom stereocenters. The second kappa shape index (κ2) is 12.0. The molecular weight excluding hydrogens is 476 g/mol. The van der Waals surface area contributed by atoms with E-state index in [1.165, 1.54) is 16.1 Å². The molecule has 2 fully saturated rings. The number of amides is 2. The monoisotopic (exact) mass is 512 g/mol. The van der Waals surface area contributed by atoms with Gasteiger partial charge in [-0.3, -0.25) is 9.59 Å². The van der Waals surface area contributed by atoms with Gasteiger partial charge >= 0.3 is 0 Å². The average Bonchev–Trinajstić information content (AvgIpc) is 3.67. The fraction of sp³-hybridized carbons (Fsp3) is 0.481.